The first-order valence-electron chi connectivity index (χ1n) is 11.4. The highest BCUT2D eigenvalue weighted by Gasteiger charge is 2.31. The van der Waals surface area contributed by atoms with Crippen molar-refractivity contribution in [2.24, 2.45) is 11.8 Å². The number of aromatic amines is 1. The zero-order valence-electron chi connectivity index (χ0n) is 19.0. The summed E-state index contributed by atoms with van der Waals surface area (Å²) in [5, 5.41) is 0.235. The lowest BCUT2D eigenvalue weighted by Crippen LogP contribution is -2.49. The summed E-state index contributed by atoms with van der Waals surface area (Å²) in [6.45, 7) is 12.8. The number of nitrogens with one attached hydrogen (secondary N) is 1. The minimum absolute atomic E-state index is 0.140. The Morgan fingerprint density at radius 3 is 2.29 bits per heavy atom. The number of nitrogens with zero attached hydrogens (tertiary/aromatic N) is 4. The number of pyridine rings is 1. The Balaban J connectivity index is 1.76. The van der Waals surface area contributed by atoms with E-state index in [1.807, 2.05) is 18.7 Å². The quantitative estimate of drug-likeness (QED) is 0.762. The fraction of sp³-hybridized carbons (Fsp3) is 0.652. The summed E-state index contributed by atoms with van der Waals surface area (Å²) in [6.07, 6.45) is 2.05. The number of aromatic nitrogens is 3. The molecule has 4 rings (SSSR count). The van der Waals surface area contributed by atoms with E-state index in [4.69, 9.17) is 4.98 Å². The fourth-order valence-electron chi connectivity index (χ4n) is 4.41. The summed E-state index contributed by atoms with van der Waals surface area (Å²) >= 11 is 0. The molecule has 1 N–H and O–H groups in total. The largest absolute Gasteiger partial charge is 0.336 e. The van der Waals surface area contributed by atoms with Gasteiger partial charge in [0, 0.05) is 50.9 Å². The van der Waals surface area contributed by atoms with E-state index < -0.39 is 11.2 Å². The Bertz CT molecular complexity index is 1090. The molecule has 1 aliphatic heterocycles. The molecule has 1 amide bonds. The normalized spacial score (nSPS) is 17.8. The number of H-pyrrole nitrogens is 1. The summed E-state index contributed by atoms with van der Waals surface area (Å²) in [6, 6.07) is 1.79. The lowest BCUT2D eigenvalue weighted by Gasteiger charge is -2.35. The van der Waals surface area contributed by atoms with Crippen LogP contribution in [0.3, 0.4) is 0 Å². The number of carbonyl (C=O) groups excluding carboxylic acids is 1. The highest BCUT2D eigenvalue weighted by molar-refractivity contribution is 6.05. The van der Waals surface area contributed by atoms with Gasteiger partial charge in [0.05, 0.1) is 10.9 Å². The second kappa shape index (κ2) is 8.57. The van der Waals surface area contributed by atoms with Crippen LogP contribution >= 0.6 is 0 Å². The molecule has 2 fully saturated rings. The molecule has 31 heavy (non-hydrogen) atoms. The van der Waals surface area contributed by atoms with Crippen molar-refractivity contribution >= 4 is 16.9 Å². The first-order valence-corrected chi connectivity index (χ1v) is 11.4. The Morgan fingerprint density at radius 2 is 1.71 bits per heavy atom. The molecule has 168 valence electrons. The first-order chi connectivity index (χ1) is 14.7. The van der Waals surface area contributed by atoms with Crippen LogP contribution in [0.25, 0.3) is 11.0 Å². The molecule has 3 heterocycles. The smallest absolute Gasteiger partial charge is 0.330 e. The third kappa shape index (κ3) is 4.59. The molecule has 1 saturated heterocycles. The van der Waals surface area contributed by atoms with Crippen LogP contribution in [0.1, 0.15) is 62.5 Å². The van der Waals surface area contributed by atoms with Crippen LogP contribution in [0.5, 0.6) is 0 Å². The van der Waals surface area contributed by atoms with Gasteiger partial charge in [-0.1, -0.05) is 27.7 Å². The first kappa shape index (κ1) is 21.7. The maximum atomic E-state index is 13.5. The SMILES string of the molecule is CC(C)CN1CCN(C(=O)c2cc(C3CC3)nc3c2c(=O)[nH]c(=O)n3CC(C)C)CC1. The Hall–Kier alpha value is -2.48. The van der Waals surface area contributed by atoms with Gasteiger partial charge in [-0.3, -0.25) is 24.0 Å². The zero-order valence-corrected chi connectivity index (χ0v) is 19.0. The van der Waals surface area contributed by atoms with Crippen molar-refractivity contribution in [2.75, 3.05) is 32.7 Å². The lowest BCUT2D eigenvalue weighted by atomic mass is 10.1. The Labute approximate surface area is 182 Å². The summed E-state index contributed by atoms with van der Waals surface area (Å²) in [7, 11) is 0. The number of hydrogen-bond acceptors (Lipinski definition) is 5. The summed E-state index contributed by atoms with van der Waals surface area (Å²) in [4.78, 5) is 50.3. The van der Waals surface area contributed by atoms with Gasteiger partial charge in [-0.25, -0.2) is 9.78 Å². The maximum absolute atomic E-state index is 13.5. The lowest BCUT2D eigenvalue weighted by molar-refractivity contribution is 0.0625. The maximum Gasteiger partial charge on any atom is 0.330 e. The minimum atomic E-state index is -0.531. The van der Waals surface area contributed by atoms with E-state index in [1.165, 1.54) is 4.57 Å². The molecule has 0 spiro atoms. The number of piperazine rings is 1. The van der Waals surface area contributed by atoms with E-state index in [-0.39, 0.29) is 17.2 Å². The highest BCUT2D eigenvalue weighted by atomic mass is 16.2. The van der Waals surface area contributed by atoms with Crippen molar-refractivity contribution < 1.29 is 4.79 Å². The molecule has 0 unspecified atom stereocenters. The molecule has 0 bridgehead atoms. The van der Waals surface area contributed by atoms with E-state index in [9.17, 15) is 14.4 Å². The standard InChI is InChI=1S/C23H33N5O3/c1-14(2)12-26-7-9-27(10-8-26)22(30)17-11-18(16-5-6-16)24-20-19(17)21(29)25-23(31)28(20)13-15(3)4/h11,14-16H,5-10,12-13H2,1-4H3,(H,25,29,31). The molecule has 0 aromatic carbocycles. The van der Waals surface area contributed by atoms with E-state index >= 15 is 0 Å². The van der Waals surface area contributed by atoms with Crippen molar-refractivity contribution in [1.29, 1.82) is 0 Å². The second-order valence-corrected chi connectivity index (χ2v) is 9.82. The van der Waals surface area contributed by atoms with E-state index in [0.717, 1.165) is 38.2 Å². The fourth-order valence-corrected chi connectivity index (χ4v) is 4.41. The Kier molecular flexibility index (Phi) is 6.01. The van der Waals surface area contributed by atoms with Gasteiger partial charge >= 0.3 is 5.69 Å². The molecule has 2 aliphatic rings. The molecule has 8 nitrogen and oxygen atoms in total. The average molecular weight is 428 g/mol. The predicted octanol–water partition coefficient (Wildman–Crippen LogP) is 2.03. The van der Waals surface area contributed by atoms with Gasteiger partial charge in [0.2, 0.25) is 0 Å². The molecule has 8 heteroatoms. The average Bonchev–Trinajstić information content (AvgIpc) is 3.55. The number of amides is 1. The summed E-state index contributed by atoms with van der Waals surface area (Å²) < 4.78 is 1.52. The third-order valence-corrected chi connectivity index (χ3v) is 6.03. The third-order valence-electron chi connectivity index (χ3n) is 6.03. The number of hydrogen-bond donors (Lipinski definition) is 1. The van der Waals surface area contributed by atoms with Crippen LogP contribution in [0.2, 0.25) is 0 Å². The van der Waals surface area contributed by atoms with Gasteiger partial charge in [0.25, 0.3) is 11.5 Å². The van der Waals surface area contributed by atoms with E-state index in [1.54, 1.807) is 6.07 Å². The number of rotatable bonds is 6. The van der Waals surface area contributed by atoms with Gasteiger partial charge in [0.15, 0.2) is 5.65 Å². The number of carbonyl (C=O) groups is 1. The van der Waals surface area contributed by atoms with Crippen LogP contribution < -0.4 is 11.2 Å². The monoisotopic (exact) mass is 427 g/mol. The van der Waals surface area contributed by atoms with Gasteiger partial charge in [-0.2, -0.15) is 0 Å². The van der Waals surface area contributed by atoms with Crippen LogP contribution in [0.4, 0.5) is 0 Å². The van der Waals surface area contributed by atoms with Crippen molar-refractivity contribution in [3.05, 3.63) is 38.2 Å². The molecule has 2 aromatic rings. The van der Waals surface area contributed by atoms with Crippen molar-refractivity contribution in [3.63, 3.8) is 0 Å². The van der Waals surface area contributed by atoms with Crippen molar-refractivity contribution in [2.45, 2.75) is 53.0 Å². The molecule has 2 aromatic heterocycles. The molecule has 1 aliphatic carbocycles. The summed E-state index contributed by atoms with van der Waals surface area (Å²) in [5.41, 5.74) is 0.539. The molecular formula is C23H33N5O3. The minimum Gasteiger partial charge on any atom is -0.336 e. The van der Waals surface area contributed by atoms with Crippen LogP contribution in [-0.4, -0.2) is 63.0 Å². The van der Waals surface area contributed by atoms with Crippen LogP contribution in [-0.2, 0) is 6.54 Å². The molecular weight excluding hydrogens is 394 g/mol. The predicted molar refractivity (Wildman–Crippen MR) is 121 cm³/mol. The number of fused-ring (bicyclic) bond motifs is 1. The van der Waals surface area contributed by atoms with Crippen molar-refractivity contribution in [3.8, 4) is 0 Å². The van der Waals surface area contributed by atoms with Gasteiger partial charge in [-0.15, -0.1) is 0 Å². The molecule has 0 radical (unpaired) electrons. The zero-order chi connectivity index (χ0) is 22.3. The van der Waals surface area contributed by atoms with Gasteiger partial charge < -0.3 is 4.90 Å². The topological polar surface area (TPSA) is 91.3 Å². The van der Waals surface area contributed by atoms with E-state index in [0.29, 0.717) is 42.7 Å². The Morgan fingerprint density at radius 1 is 1.06 bits per heavy atom. The molecule has 1 saturated carbocycles. The second-order valence-electron chi connectivity index (χ2n) is 9.82. The molecule has 0 atom stereocenters. The van der Waals surface area contributed by atoms with Gasteiger partial charge in [0.1, 0.15) is 0 Å². The van der Waals surface area contributed by atoms with Crippen LogP contribution in [0.15, 0.2) is 15.7 Å². The summed E-state index contributed by atoms with van der Waals surface area (Å²) in [5.74, 6) is 0.953. The highest BCUT2D eigenvalue weighted by Crippen LogP contribution is 2.40. The van der Waals surface area contributed by atoms with Crippen molar-refractivity contribution in [1.82, 2.24) is 24.3 Å². The van der Waals surface area contributed by atoms with E-state index in [2.05, 4.69) is 23.7 Å². The van der Waals surface area contributed by atoms with Crippen LogP contribution in [0, 0.1) is 11.8 Å². The van der Waals surface area contributed by atoms with Gasteiger partial charge in [-0.05, 0) is 30.7 Å².